The number of hydrogen-bond donors (Lipinski definition) is 0. The molecule has 0 N–H and O–H groups in total. The van der Waals surface area contributed by atoms with Crippen LogP contribution in [0.2, 0.25) is 0 Å². The molecule has 0 aliphatic rings. The lowest BCUT2D eigenvalue weighted by atomic mass is 10.3. The monoisotopic (exact) mass is 193 g/mol. The third-order valence-electron chi connectivity index (χ3n) is 1.59. The van der Waals surface area contributed by atoms with Gasteiger partial charge in [-0.15, -0.1) is 11.6 Å². The molecule has 0 aromatic carbocycles. The molecule has 0 fully saturated rings. The topological polar surface area (TPSA) is 29.5 Å². The normalized spacial score (nSPS) is 10.4. The molecule has 0 heterocycles. The summed E-state index contributed by atoms with van der Waals surface area (Å²) < 4.78 is 4.88. The SMILES string of the molecule is COCCN(C(=O)CCl)C(C)C. The number of halogens is 1. The van der Waals surface area contributed by atoms with Crippen LogP contribution in [0.1, 0.15) is 13.8 Å². The maximum atomic E-state index is 11.2. The van der Waals surface area contributed by atoms with Crippen LogP contribution < -0.4 is 0 Å². The number of methoxy groups -OCH3 is 1. The van der Waals surface area contributed by atoms with Gasteiger partial charge in [-0.2, -0.15) is 0 Å². The van der Waals surface area contributed by atoms with Crippen LogP contribution in [0, 0.1) is 0 Å². The number of alkyl halides is 1. The van der Waals surface area contributed by atoms with Crippen LogP contribution in [0.5, 0.6) is 0 Å². The van der Waals surface area contributed by atoms with Crippen molar-refractivity contribution < 1.29 is 9.53 Å². The Balaban J connectivity index is 3.95. The Bertz CT molecular complexity index is 139. The van der Waals surface area contributed by atoms with Crippen molar-refractivity contribution >= 4 is 17.5 Å². The van der Waals surface area contributed by atoms with Gasteiger partial charge in [0.25, 0.3) is 0 Å². The molecule has 72 valence electrons. The van der Waals surface area contributed by atoms with Crippen molar-refractivity contribution in [2.75, 3.05) is 26.1 Å². The predicted molar refractivity (Wildman–Crippen MR) is 49.4 cm³/mol. The van der Waals surface area contributed by atoms with Gasteiger partial charge in [0.15, 0.2) is 0 Å². The fraction of sp³-hybridized carbons (Fsp3) is 0.875. The maximum Gasteiger partial charge on any atom is 0.237 e. The zero-order chi connectivity index (χ0) is 9.56. The van der Waals surface area contributed by atoms with Crippen LogP contribution in [0.3, 0.4) is 0 Å². The quantitative estimate of drug-likeness (QED) is 0.613. The number of hydrogen-bond acceptors (Lipinski definition) is 2. The molecule has 0 saturated carbocycles. The predicted octanol–water partition coefficient (Wildman–Crippen LogP) is 1.11. The Hall–Kier alpha value is -0.280. The lowest BCUT2D eigenvalue weighted by molar-refractivity contribution is -0.130. The van der Waals surface area contributed by atoms with Gasteiger partial charge in [0.05, 0.1) is 6.61 Å². The molecule has 0 aromatic heterocycles. The highest BCUT2D eigenvalue weighted by Crippen LogP contribution is 1.99. The molecule has 0 saturated heterocycles. The largest absolute Gasteiger partial charge is 0.383 e. The zero-order valence-electron chi connectivity index (χ0n) is 7.84. The molecule has 1 amide bonds. The number of nitrogens with zero attached hydrogens (tertiary/aromatic N) is 1. The van der Waals surface area contributed by atoms with Crippen molar-refractivity contribution in [3.8, 4) is 0 Å². The number of ether oxygens (including phenoxy) is 1. The van der Waals surface area contributed by atoms with Crippen LogP contribution in [0.4, 0.5) is 0 Å². The first kappa shape index (κ1) is 11.7. The minimum atomic E-state index is -0.0382. The molecule has 0 bridgehead atoms. The Morgan fingerprint density at radius 1 is 1.58 bits per heavy atom. The minimum absolute atomic E-state index is 0.0382. The number of carbonyl (C=O) groups excluding carboxylic acids is 1. The maximum absolute atomic E-state index is 11.2. The Kier molecular flexibility index (Phi) is 6.11. The number of rotatable bonds is 5. The fourth-order valence-corrected chi connectivity index (χ4v) is 1.09. The molecule has 4 heteroatoms. The molecule has 0 radical (unpaired) electrons. The van der Waals surface area contributed by atoms with E-state index in [4.69, 9.17) is 16.3 Å². The molecular formula is C8H16ClNO2. The second kappa shape index (κ2) is 6.26. The van der Waals surface area contributed by atoms with Crippen LogP contribution in [0.25, 0.3) is 0 Å². The lowest BCUT2D eigenvalue weighted by Crippen LogP contribution is -2.39. The molecule has 0 spiro atoms. The summed E-state index contributed by atoms with van der Waals surface area (Å²) in [6.45, 7) is 5.08. The van der Waals surface area contributed by atoms with Gasteiger partial charge >= 0.3 is 0 Å². The summed E-state index contributed by atoms with van der Waals surface area (Å²) in [6.07, 6.45) is 0. The molecule has 0 atom stereocenters. The third kappa shape index (κ3) is 3.93. The van der Waals surface area contributed by atoms with E-state index in [2.05, 4.69) is 0 Å². The van der Waals surface area contributed by atoms with Gasteiger partial charge in [-0.05, 0) is 13.8 Å². The summed E-state index contributed by atoms with van der Waals surface area (Å²) in [4.78, 5) is 12.9. The van der Waals surface area contributed by atoms with Crippen LogP contribution in [0.15, 0.2) is 0 Å². The van der Waals surface area contributed by atoms with E-state index in [0.717, 1.165) is 0 Å². The van der Waals surface area contributed by atoms with Gasteiger partial charge in [-0.1, -0.05) is 0 Å². The van der Waals surface area contributed by atoms with Gasteiger partial charge in [0.1, 0.15) is 5.88 Å². The Morgan fingerprint density at radius 2 is 2.17 bits per heavy atom. The van der Waals surface area contributed by atoms with E-state index in [0.29, 0.717) is 13.2 Å². The number of amides is 1. The standard InChI is InChI=1S/C8H16ClNO2/c1-7(2)10(4-5-12-3)8(11)6-9/h7H,4-6H2,1-3H3. The van der Waals surface area contributed by atoms with Crippen molar-refractivity contribution in [2.24, 2.45) is 0 Å². The lowest BCUT2D eigenvalue weighted by Gasteiger charge is -2.25. The highest BCUT2D eigenvalue weighted by Gasteiger charge is 2.14. The number of carbonyl (C=O) groups is 1. The summed E-state index contributed by atoms with van der Waals surface area (Å²) in [5.41, 5.74) is 0. The van der Waals surface area contributed by atoms with E-state index in [-0.39, 0.29) is 17.8 Å². The second-order valence-electron chi connectivity index (χ2n) is 2.81. The first-order valence-corrected chi connectivity index (χ1v) is 4.51. The molecule has 0 rings (SSSR count). The molecule has 0 aliphatic carbocycles. The summed E-state index contributed by atoms with van der Waals surface area (Å²) in [7, 11) is 1.61. The van der Waals surface area contributed by atoms with E-state index >= 15 is 0 Å². The van der Waals surface area contributed by atoms with E-state index in [1.807, 2.05) is 13.8 Å². The summed E-state index contributed by atoms with van der Waals surface area (Å²) in [5.74, 6) is 0.00532. The van der Waals surface area contributed by atoms with Gasteiger partial charge in [0, 0.05) is 19.7 Å². The molecule has 3 nitrogen and oxygen atoms in total. The van der Waals surface area contributed by atoms with E-state index < -0.39 is 0 Å². The summed E-state index contributed by atoms with van der Waals surface area (Å²) in [6, 6.07) is 0.186. The van der Waals surface area contributed by atoms with Crippen molar-refractivity contribution in [1.82, 2.24) is 4.90 Å². The third-order valence-corrected chi connectivity index (χ3v) is 1.82. The molecule has 0 aromatic rings. The summed E-state index contributed by atoms with van der Waals surface area (Å²) >= 11 is 5.44. The second-order valence-corrected chi connectivity index (χ2v) is 3.07. The van der Waals surface area contributed by atoms with E-state index in [1.165, 1.54) is 0 Å². The van der Waals surface area contributed by atoms with E-state index in [1.54, 1.807) is 12.0 Å². The zero-order valence-corrected chi connectivity index (χ0v) is 8.60. The van der Waals surface area contributed by atoms with Gasteiger partial charge in [-0.3, -0.25) is 4.79 Å². The fourth-order valence-electron chi connectivity index (χ4n) is 0.937. The average Bonchev–Trinajstić information content (AvgIpc) is 2.04. The van der Waals surface area contributed by atoms with Crippen molar-refractivity contribution in [3.05, 3.63) is 0 Å². The van der Waals surface area contributed by atoms with Gasteiger partial charge in [-0.25, -0.2) is 0 Å². The van der Waals surface area contributed by atoms with Gasteiger partial charge in [0.2, 0.25) is 5.91 Å². The van der Waals surface area contributed by atoms with Crippen molar-refractivity contribution in [3.63, 3.8) is 0 Å². The smallest absolute Gasteiger partial charge is 0.237 e. The first-order valence-electron chi connectivity index (χ1n) is 3.97. The Labute approximate surface area is 78.6 Å². The van der Waals surface area contributed by atoms with Crippen LogP contribution in [-0.2, 0) is 9.53 Å². The van der Waals surface area contributed by atoms with Crippen molar-refractivity contribution in [1.29, 1.82) is 0 Å². The highest BCUT2D eigenvalue weighted by atomic mass is 35.5. The molecule has 0 unspecified atom stereocenters. The average molecular weight is 194 g/mol. The molecular weight excluding hydrogens is 178 g/mol. The molecule has 12 heavy (non-hydrogen) atoms. The molecule has 0 aliphatic heterocycles. The minimum Gasteiger partial charge on any atom is -0.383 e. The van der Waals surface area contributed by atoms with Crippen molar-refractivity contribution in [2.45, 2.75) is 19.9 Å². The van der Waals surface area contributed by atoms with Crippen LogP contribution >= 0.6 is 11.6 Å². The first-order chi connectivity index (χ1) is 5.63. The highest BCUT2D eigenvalue weighted by molar-refractivity contribution is 6.27. The Morgan fingerprint density at radius 3 is 2.50 bits per heavy atom. The van der Waals surface area contributed by atoms with Crippen LogP contribution in [-0.4, -0.2) is 43.0 Å². The van der Waals surface area contributed by atoms with Gasteiger partial charge < -0.3 is 9.64 Å². The van der Waals surface area contributed by atoms with E-state index in [9.17, 15) is 4.79 Å². The summed E-state index contributed by atoms with van der Waals surface area (Å²) in [5, 5.41) is 0.